The maximum atomic E-state index is 12.8. The number of hydrogen-bond donors (Lipinski definition) is 0. The topological polar surface area (TPSA) is 37.4 Å². The van der Waals surface area contributed by atoms with E-state index >= 15 is 0 Å². The van der Waals surface area contributed by atoms with Crippen LogP contribution in [-0.2, 0) is 10.0 Å². The number of hydrogen-bond acceptors (Lipinski definition) is 2. The van der Waals surface area contributed by atoms with E-state index in [1.54, 1.807) is 16.4 Å². The summed E-state index contributed by atoms with van der Waals surface area (Å²) in [6.07, 6.45) is 9.32. The minimum absolute atomic E-state index is 0.367. The molecule has 4 heteroatoms. The van der Waals surface area contributed by atoms with Crippen molar-refractivity contribution in [1.82, 2.24) is 4.31 Å². The third-order valence-electron chi connectivity index (χ3n) is 3.63. The molecule has 0 amide bonds. The Balaban J connectivity index is 2.30. The van der Waals surface area contributed by atoms with Gasteiger partial charge in [0.2, 0.25) is 10.0 Å². The van der Waals surface area contributed by atoms with Crippen molar-refractivity contribution in [1.29, 1.82) is 0 Å². The van der Waals surface area contributed by atoms with Crippen molar-refractivity contribution in [3.05, 3.63) is 53.6 Å². The number of benzene rings is 1. The lowest BCUT2D eigenvalue weighted by molar-refractivity contribution is 0.465. The van der Waals surface area contributed by atoms with Crippen LogP contribution in [0.4, 0.5) is 0 Å². The standard InChI is InChI=1S/C17H23NO2S/c1-15-9-11-17(12-10-15)21(19,20)18-13-7-5-3-4-6-8-16(2)14-18/h5,7-12H,3-4,6,13-14H2,1-2H3/b7-5+,16-8+. The van der Waals surface area contributed by atoms with Crippen LogP contribution >= 0.6 is 0 Å². The molecule has 114 valence electrons. The zero-order chi connectivity index (χ0) is 15.3. The van der Waals surface area contributed by atoms with Crippen LogP contribution in [-0.4, -0.2) is 25.8 Å². The first-order valence-electron chi connectivity index (χ1n) is 7.37. The molecule has 0 bridgehead atoms. The van der Waals surface area contributed by atoms with E-state index in [0.717, 1.165) is 30.4 Å². The Morgan fingerprint density at radius 2 is 1.71 bits per heavy atom. The summed E-state index contributed by atoms with van der Waals surface area (Å²) in [7, 11) is -3.44. The van der Waals surface area contributed by atoms with Gasteiger partial charge in [-0.15, -0.1) is 0 Å². The van der Waals surface area contributed by atoms with Crippen LogP contribution in [0.3, 0.4) is 0 Å². The van der Waals surface area contributed by atoms with Crippen molar-refractivity contribution in [2.75, 3.05) is 13.1 Å². The summed E-state index contributed by atoms with van der Waals surface area (Å²) in [5.74, 6) is 0. The maximum absolute atomic E-state index is 12.8. The number of aryl methyl sites for hydroxylation is 1. The lowest BCUT2D eigenvalue weighted by Gasteiger charge is -2.22. The first-order valence-corrected chi connectivity index (χ1v) is 8.81. The molecule has 0 aliphatic carbocycles. The molecule has 0 fully saturated rings. The van der Waals surface area contributed by atoms with E-state index in [0.29, 0.717) is 18.0 Å². The van der Waals surface area contributed by atoms with Gasteiger partial charge in [-0.05, 0) is 45.2 Å². The van der Waals surface area contributed by atoms with Gasteiger partial charge >= 0.3 is 0 Å². The van der Waals surface area contributed by atoms with E-state index in [4.69, 9.17) is 0 Å². The highest BCUT2D eigenvalue weighted by molar-refractivity contribution is 7.89. The number of allylic oxidation sites excluding steroid dienone is 2. The Morgan fingerprint density at radius 3 is 2.43 bits per heavy atom. The van der Waals surface area contributed by atoms with Gasteiger partial charge in [-0.1, -0.05) is 41.5 Å². The molecule has 21 heavy (non-hydrogen) atoms. The van der Waals surface area contributed by atoms with Gasteiger partial charge in [-0.2, -0.15) is 4.31 Å². The van der Waals surface area contributed by atoms with Crippen molar-refractivity contribution in [2.45, 2.75) is 38.0 Å². The van der Waals surface area contributed by atoms with Crippen LogP contribution in [0.5, 0.6) is 0 Å². The van der Waals surface area contributed by atoms with Crippen LogP contribution < -0.4 is 0 Å². The summed E-state index contributed by atoms with van der Waals surface area (Å²) >= 11 is 0. The molecule has 3 nitrogen and oxygen atoms in total. The van der Waals surface area contributed by atoms with Gasteiger partial charge in [-0.3, -0.25) is 0 Å². The number of nitrogens with zero attached hydrogens (tertiary/aromatic N) is 1. The van der Waals surface area contributed by atoms with E-state index in [2.05, 4.69) is 12.2 Å². The van der Waals surface area contributed by atoms with Gasteiger partial charge in [0.1, 0.15) is 0 Å². The fourth-order valence-electron chi connectivity index (χ4n) is 2.34. The first kappa shape index (κ1) is 16.0. The largest absolute Gasteiger partial charge is 0.243 e. The van der Waals surface area contributed by atoms with E-state index in [1.807, 2.05) is 32.1 Å². The Morgan fingerprint density at radius 1 is 1.00 bits per heavy atom. The summed E-state index contributed by atoms with van der Waals surface area (Å²) in [4.78, 5) is 0.367. The summed E-state index contributed by atoms with van der Waals surface area (Å²) in [6.45, 7) is 4.85. The summed E-state index contributed by atoms with van der Waals surface area (Å²) in [5, 5.41) is 0. The average molecular weight is 305 g/mol. The molecule has 0 spiro atoms. The second-order valence-electron chi connectivity index (χ2n) is 5.56. The molecule has 0 N–H and O–H groups in total. The van der Waals surface area contributed by atoms with Crippen molar-refractivity contribution >= 4 is 10.0 Å². The molecule has 2 rings (SSSR count). The molecule has 1 aromatic carbocycles. The Labute approximate surface area is 128 Å². The fourth-order valence-corrected chi connectivity index (χ4v) is 3.78. The van der Waals surface area contributed by atoms with Crippen LogP contribution in [0.25, 0.3) is 0 Å². The molecular weight excluding hydrogens is 282 g/mol. The zero-order valence-corrected chi connectivity index (χ0v) is 13.6. The fraction of sp³-hybridized carbons (Fsp3) is 0.412. The Bertz CT molecular complexity index is 627. The molecule has 0 radical (unpaired) electrons. The predicted octanol–water partition coefficient (Wildman–Crippen LogP) is 3.67. The Kier molecular flexibility index (Phi) is 5.37. The summed E-state index contributed by atoms with van der Waals surface area (Å²) in [6, 6.07) is 7.05. The van der Waals surface area contributed by atoms with Gasteiger partial charge in [0, 0.05) is 13.1 Å². The SMILES string of the molecule is C/C1=C\CCC/C=C/CN(S(=O)(=O)c2ccc(C)cc2)C1. The minimum Gasteiger partial charge on any atom is -0.207 e. The lowest BCUT2D eigenvalue weighted by atomic mass is 10.1. The van der Waals surface area contributed by atoms with Crippen molar-refractivity contribution < 1.29 is 8.42 Å². The second-order valence-corrected chi connectivity index (χ2v) is 7.50. The van der Waals surface area contributed by atoms with E-state index in [-0.39, 0.29) is 0 Å². The molecule has 1 aromatic rings. The highest BCUT2D eigenvalue weighted by atomic mass is 32.2. The van der Waals surface area contributed by atoms with Gasteiger partial charge in [-0.25, -0.2) is 8.42 Å². The molecule has 1 aliphatic heterocycles. The summed E-state index contributed by atoms with van der Waals surface area (Å²) < 4.78 is 27.1. The molecule has 0 saturated carbocycles. The van der Waals surface area contributed by atoms with Crippen molar-refractivity contribution in [3.63, 3.8) is 0 Å². The van der Waals surface area contributed by atoms with Crippen LogP contribution in [0.2, 0.25) is 0 Å². The molecule has 0 aromatic heterocycles. The quantitative estimate of drug-likeness (QED) is 0.782. The van der Waals surface area contributed by atoms with E-state index in [1.165, 1.54) is 0 Å². The van der Waals surface area contributed by atoms with Crippen molar-refractivity contribution in [3.8, 4) is 0 Å². The normalized spacial score (nSPS) is 22.3. The molecule has 0 unspecified atom stereocenters. The maximum Gasteiger partial charge on any atom is 0.243 e. The van der Waals surface area contributed by atoms with Gasteiger partial charge in [0.15, 0.2) is 0 Å². The minimum atomic E-state index is -3.44. The average Bonchev–Trinajstić information content (AvgIpc) is 2.46. The predicted molar refractivity (Wildman–Crippen MR) is 86.7 cm³/mol. The number of sulfonamides is 1. The van der Waals surface area contributed by atoms with Crippen LogP contribution in [0, 0.1) is 6.92 Å². The third-order valence-corrected chi connectivity index (χ3v) is 5.45. The van der Waals surface area contributed by atoms with Crippen molar-refractivity contribution in [2.24, 2.45) is 0 Å². The number of rotatable bonds is 2. The lowest BCUT2D eigenvalue weighted by Crippen LogP contribution is -2.33. The molecule has 0 atom stereocenters. The highest BCUT2D eigenvalue weighted by Crippen LogP contribution is 2.18. The monoisotopic (exact) mass is 305 g/mol. The zero-order valence-electron chi connectivity index (χ0n) is 12.7. The van der Waals surface area contributed by atoms with Gasteiger partial charge < -0.3 is 0 Å². The summed E-state index contributed by atoms with van der Waals surface area (Å²) in [5.41, 5.74) is 2.17. The molecule has 1 aliphatic rings. The van der Waals surface area contributed by atoms with Crippen LogP contribution in [0.1, 0.15) is 31.7 Å². The van der Waals surface area contributed by atoms with Gasteiger partial charge in [0.25, 0.3) is 0 Å². The van der Waals surface area contributed by atoms with E-state index in [9.17, 15) is 8.42 Å². The van der Waals surface area contributed by atoms with E-state index < -0.39 is 10.0 Å². The molecule has 1 heterocycles. The molecular formula is C17H23NO2S. The highest BCUT2D eigenvalue weighted by Gasteiger charge is 2.23. The Hall–Kier alpha value is -1.39. The third kappa shape index (κ3) is 4.29. The van der Waals surface area contributed by atoms with Crippen LogP contribution in [0.15, 0.2) is 53.0 Å². The van der Waals surface area contributed by atoms with Gasteiger partial charge in [0.05, 0.1) is 4.90 Å². The first-order chi connectivity index (χ1) is 10.00. The molecule has 0 saturated heterocycles. The second kappa shape index (κ2) is 7.05. The smallest absolute Gasteiger partial charge is 0.207 e.